The molecule has 424 valence electrons. The topological polar surface area (TPSA) is 178 Å². The normalized spacial score (nSPS) is 15.6. The average Bonchev–Trinajstić information content (AvgIpc) is 4.13. The number of carboxylic acid groups (broad SMARTS) is 1. The second kappa shape index (κ2) is 28.3. The number of nitrogens with two attached hydrogens (primary N) is 1. The van der Waals surface area contributed by atoms with Crippen molar-refractivity contribution in [3.63, 3.8) is 0 Å². The van der Waals surface area contributed by atoms with E-state index in [0.29, 0.717) is 83.3 Å². The molecule has 33 heteroatoms. The number of nitrogens with zero attached hydrogens (tertiary/aromatic N) is 9. The number of hydrogen-bond acceptors (Lipinski definition) is 13. The molecule has 0 unspecified atom stereocenters. The van der Waals surface area contributed by atoms with E-state index in [0.717, 1.165) is 29.2 Å². The number of hydrogen-bond donors (Lipinski definition) is 2. The van der Waals surface area contributed by atoms with Crippen LogP contribution in [0.4, 0.5) is 64.3 Å². The number of ketones is 1. The summed E-state index contributed by atoms with van der Waals surface area (Å²) in [6.45, 7) is 1.05. The Morgan fingerprint density at radius 1 is 0.679 bits per heavy atom. The number of carbonyl (C=O) groups excluding carboxylic acids is 1. The van der Waals surface area contributed by atoms with Gasteiger partial charge in [0.2, 0.25) is 19.2 Å². The molecule has 8 rings (SSSR count). The minimum absolute atomic E-state index is 0. The molecule has 2 atom stereocenters. The summed E-state index contributed by atoms with van der Waals surface area (Å²) in [4.78, 5) is 41.0. The number of aromatic nitrogens is 7. The molecule has 0 amide bonds. The van der Waals surface area contributed by atoms with E-state index in [-0.39, 0.29) is 51.6 Å². The van der Waals surface area contributed by atoms with Crippen molar-refractivity contribution < 1.29 is 72.0 Å². The Hall–Kier alpha value is -5.15. The molecule has 0 saturated carbocycles. The van der Waals surface area contributed by atoms with E-state index in [1.165, 1.54) is 45.0 Å². The van der Waals surface area contributed by atoms with Crippen LogP contribution in [0.2, 0.25) is 20.4 Å². The summed E-state index contributed by atoms with van der Waals surface area (Å²) in [7, 11) is 0.389. The molecule has 0 radical (unpaired) electrons. The molecule has 2 aliphatic rings. The minimum Gasteiger partial charge on any atom is -0.480 e. The van der Waals surface area contributed by atoms with Gasteiger partial charge in [-0.1, -0.05) is 75.5 Å². The predicted molar refractivity (Wildman–Crippen MR) is 272 cm³/mol. The second-order valence-corrected chi connectivity index (χ2v) is 18.7. The van der Waals surface area contributed by atoms with Crippen molar-refractivity contribution in [1.29, 1.82) is 0 Å². The van der Waals surface area contributed by atoms with E-state index >= 15 is 0 Å². The minimum atomic E-state index is -4.78. The monoisotopic (exact) mass is 1250 g/mol. The first-order valence-corrected chi connectivity index (χ1v) is 25.6. The third-order valence-electron chi connectivity index (χ3n) is 11.1. The summed E-state index contributed by atoms with van der Waals surface area (Å²) in [5, 5.41) is 15.2. The fraction of sp³-hybridized carbons (Fsp3) is 0.378. The number of halogens is 17. The Kier molecular flexibility index (Phi) is 23.7. The molecule has 3 aromatic carbocycles. The highest BCUT2D eigenvalue weighted by Crippen LogP contribution is 2.38. The van der Waals surface area contributed by atoms with Crippen molar-refractivity contribution >= 4 is 113 Å². The number of para-hydroxylation sites is 1. The van der Waals surface area contributed by atoms with Gasteiger partial charge in [-0.2, -0.15) is 52.7 Å². The van der Waals surface area contributed by atoms with Gasteiger partial charge in [0.05, 0.1) is 27.2 Å². The van der Waals surface area contributed by atoms with Crippen LogP contribution in [0.3, 0.4) is 0 Å². The van der Waals surface area contributed by atoms with Gasteiger partial charge in [0.1, 0.15) is 39.0 Å². The van der Waals surface area contributed by atoms with Crippen molar-refractivity contribution in [3.8, 4) is 0 Å². The molecule has 6 aromatic rings. The molecule has 14 nitrogen and oxygen atoms in total. The number of aryl methyl sites for hydroxylation is 1. The van der Waals surface area contributed by atoms with Gasteiger partial charge in [0, 0.05) is 31.6 Å². The van der Waals surface area contributed by atoms with Crippen LogP contribution in [0.5, 0.6) is 0 Å². The number of aliphatic carboxylic acids is 1. The predicted octanol–water partition coefficient (Wildman–Crippen LogP) is 13.0. The zero-order valence-electron chi connectivity index (χ0n) is 39.4. The lowest BCUT2D eigenvalue weighted by molar-refractivity contribution is -0.145. The Bertz CT molecular complexity index is 3020. The largest absolute Gasteiger partial charge is 0.480 e. The fourth-order valence-electron chi connectivity index (χ4n) is 7.66. The van der Waals surface area contributed by atoms with Crippen molar-refractivity contribution in [2.75, 3.05) is 29.4 Å². The lowest BCUT2D eigenvalue weighted by Gasteiger charge is -2.25. The Morgan fingerprint density at radius 2 is 1.15 bits per heavy atom. The number of anilines is 2. The van der Waals surface area contributed by atoms with Gasteiger partial charge < -0.3 is 25.3 Å². The molecular formula is C45H40Cl5F12N10O4PS. The molecule has 3 aromatic heterocycles. The van der Waals surface area contributed by atoms with E-state index < -0.39 is 70.6 Å². The highest BCUT2D eigenvalue weighted by molar-refractivity contribution is 7.94. The molecule has 2 saturated heterocycles. The second-order valence-electron chi connectivity index (χ2n) is 16.4. The number of rotatable bonds is 12. The number of carbonyl (C=O) groups is 2. The van der Waals surface area contributed by atoms with Crippen LogP contribution in [0, 0.1) is 0 Å². The van der Waals surface area contributed by atoms with Crippen LogP contribution < -0.4 is 20.2 Å². The fourth-order valence-corrected chi connectivity index (χ4v) is 9.01. The van der Waals surface area contributed by atoms with Crippen molar-refractivity contribution in [3.05, 3.63) is 127 Å². The summed E-state index contributed by atoms with van der Waals surface area (Å²) in [6, 6.07) is 15.4. The molecule has 78 heavy (non-hydrogen) atoms. The molecule has 2 aliphatic heterocycles. The first-order chi connectivity index (χ1) is 36.0. The first-order valence-electron chi connectivity index (χ1n) is 22.3. The summed E-state index contributed by atoms with van der Waals surface area (Å²) in [5.41, 5.74) is 6.43. The molecule has 0 spiro atoms. The third kappa shape index (κ3) is 18.5. The maximum atomic E-state index is 13.0. The van der Waals surface area contributed by atoms with Crippen LogP contribution in [0.25, 0.3) is 11.0 Å². The first kappa shape index (κ1) is 65.4. The maximum absolute atomic E-state index is 13.0. The number of carboxylic acids is 1. The number of benzene rings is 3. The van der Waals surface area contributed by atoms with E-state index in [2.05, 4.69) is 42.1 Å². The van der Waals surface area contributed by atoms with E-state index in [9.17, 15) is 62.3 Å². The Balaban J connectivity index is 0.000000242. The van der Waals surface area contributed by atoms with Gasteiger partial charge in [-0.05, 0) is 116 Å². The van der Waals surface area contributed by atoms with Gasteiger partial charge in [-0.3, -0.25) is 4.79 Å². The van der Waals surface area contributed by atoms with Crippen LogP contribution in [-0.2, 0) is 58.9 Å². The lowest BCUT2D eigenvalue weighted by atomic mass is 10.0. The van der Waals surface area contributed by atoms with Crippen molar-refractivity contribution in [2.24, 2.45) is 5.73 Å². The van der Waals surface area contributed by atoms with Gasteiger partial charge in [0.25, 0.3) is 0 Å². The molecule has 2 fully saturated rings. The lowest BCUT2D eigenvalue weighted by Crippen LogP contribution is -2.37. The van der Waals surface area contributed by atoms with Crippen LogP contribution in [0.1, 0.15) is 72.4 Å². The number of fused-ring (bicyclic) bond motifs is 1. The zero-order chi connectivity index (χ0) is 57.0. The highest BCUT2D eigenvalue weighted by Gasteiger charge is 2.40. The summed E-state index contributed by atoms with van der Waals surface area (Å²) < 4.78 is 157. The van der Waals surface area contributed by atoms with E-state index in [1.54, 1.807) is 0 Å². The highest BCUT2D eigenvalue weighted by atomic mass is 35.5. The number of Topliss-reactive ketones (excluding diaryl/α,β-unsaturated/α-hetero) is 1. The third-order valence-corrected chi connectivity index (χ3v) is 12.5. The van der Waals surface area contributed by atoms with Gasteiger partial charge in [-0.15, -0.1) is 17.5 Å². The van der Waals surface area contributed by atoms with Crippen molar-refractivity contribution in [1.82, 2.24) is 35.1 Å². The van der Waals surface area contributed by atoms with E-state index in [1.807, 2.05) is 24.3 Å². The molecule has 0 aliphatic carbocycles. The standard InChI is InChI=1S/C20H17Cl2F6N3O.C10H9ClF3N3O2.C9H9ClF3N.C6H4N3OPS.ClH/c21-13-9-11(6-7-12(13)19(23,24)25)3-1-5-15(32)14-4-2-8-31(14)17-10-16(22)29-18(30-17)20(26,27)28;11-6-4-7(16-9(15-6)10(12,13)14)17-3-1-2-5(17)8(18)19;10-8-5-6(3-4-14)1-2-7(8)9(11,12)13;12-11-10-9-6-4-2-1-3-5(6)7-8-9;/h6-7,9-10,14H,1-5,8H2;4-5H,1-3H2,(H,18,19);1-2,5H,3-4,14H2;1-4H;1H/t14-;5-;;;/m00.../s1. The van der Waals surface area contributed by atoms with Crippen LogP contribution >= 0.6 is 66.4 Å². The van der Waals surface area contributed by atoms with E-state index in [4.69, 9.17) is 61.9 Å². The maximum Gasteiger partial charge on any atom is 0.451 e. The summed E-state index contributed by atoms with van der Waals surface area (Å²) in [5.74, 6) is -4.21. The molecule has 5 heterocycles. The van der Waals surface area contributed by atoms with Crippen molar-refractivity contribution in [2.45, 2.75) is 88.2 Å². The van der Waals surface area contributed by atoms with Gasteiger partial charge >= 0.3 is 30.7 Å². The Morgan fingerprint density at radius 3 is 1.60 bits per heavy atom. The van der Waals surface area contributed by atoms with Gasteiger partial charge in [-0.25, -0.2) is 24.7 Å². The Labute approximate surface area is 467 Å². The molecular weight excluding hydrogens is 1210 g/mol. The average molecular weight is 1250 g/mol. The van der Waals surface area contributed by atoms with Crippen LogP contribution in [0.15, 0.2) is 72.8 Å². The molecule has 3 N–H and O–H groups in total. The quantitative estimate of drug-likeness (QED) is 0.0671. The summed E-state index contributed by atoms with van der Waals surface area (Å²) in [6.07, 6.45) is -15.2. The van der Waals surface area contributed by atoms with Crippen LogP contribution in [-0.4, -0.2) is 83.7 Å². The number of alkyl halides is 12. The molecule has 0 bridgehead atoms. The van der Waals surface area contributed by atoms with Gasteiger partial charge in [0.15, 0.2) is 5.78 Å². The SMILES string of the molecule is Cl.NCCc1ccc(C(F)(F)F)c(Cl)c1.O=C(CCCc1ccc(C(F)(F)F)c(Cl)c1)[C@@H]1CCCN1c1cc(Cl)nc(C(F)(F)F)n1.O=C(O)[C@@H]1CCCN1c1cc(Cl)nc(C(F)(F)F)n1.S=POn1nnc2ccccc21. The summed E-state index contributed by atoms with van der Waals surface area (Å²) >= 11 is 27.1. The zero-order valence-corrected chi connectivity index (χ0v) is 45.0. The smallest absolute Gasteiger partial charge is 0.451 e.